The number of aromatic nitrogens is 1. The van der Waals surface area contributed by atoms with E-state index in [0.29, 0.717) is 16.1 Å². The molecule has 0 saturated heterocycles. The number of rotatable bonds is 2. The average molecular weight is 245 g/mol. The lowest BCUT2D eigenvalue weighted by atomic mass is 10.3. The van der Waals surface area contributed by atoms with Crippen LogP contribution in [0.3, 0.4) is 0 Å². The summed E-state index contributed by atoms with van der Waals surface area (Å²) in [5, 5.41) is 0. The lowest BCUT2D eigenvalue weighted by molar-refractivity contribution is 0.0818. The van der Waals surface area contributed by atoms with Gasteiger partial charge in [0.2, 0.25) is 0 Å². The zero-order chi connectivity index (χ0) is 12.4. The molecule has 2 heterocycles. The third kappa shape index (κ3) is 1.95. The first kappa shape index (κ1) is 11.4. The van der Waals surface area contributed by atoms with Crippen LogP contribution in [-0.4, -0.2) is 29.4 Å². The number of hydrogen-bond donors (Lipinski definition) is 1. The maximum Gasteiger partial charge on any atom is 0.266 e. The van der Waals surface area contributed by atoms with Gasteiger partial charge in [-0.05, 0) is 12.1 Å². The Morgan fingerprint density at radius 2 is 2.47 bits per heavy atom. The number of nitrogens with zero attached hydrogens (tertiary/aromatic N) is 2. The minimum Gasteiger partial charge on any atom is -0.396 e. The lowest BCUT2D eigenvalue weighted by Gasteiger charge is -2.12. The summed E-state index contributed by atoms with van der Waals surface area (Å²) in [6, 6.07) is 3.71. The van der Waals surface area contributed by atoms with Gasteiger partial charge < -0.3 is 10.6 Å². The molecular weight excluding hydrogens is 234 g/mol. The number of terminal acetylenes is 1. The zero-order valence-electron chi connectivity index (χ0n) is 9.30. The van der Waals surface area contributed by atoms with Gasteiger partial charge in [0.15, 0.2) is 0 Å². The van der Waals surface area contributed by atoms with Crippen molar-refractivity contribution in [3.8, 4) is 12.3 Å². The molecule has 0 unspecified atom stereocenters. The van der Waals surface area contributed by atoms with Crippen LogP contribution in [-0.2, 0) is 0 Å². The molecule has 2 aromatic rings. The quantitative estimate of drug-likeness (QED) is 0.817. The molecule has 0 radical (unpaired) electrons. The number of nitrogens with two attached hydrogens (primary N) is 1. The monoisotopic (exact) mass is 245 g/mol. The SMILES string of the molecule is C#CCN(C)C(=O)c1sc2cccnc2c1N. The van der Waals surface area contributed by atoms with Crippen molar-refractivity contribution < 1.29 is 4.79 Å². The Morgan fingerprint density at radius 1 is 1.71 bits per heavy atom. The molecule has 4 nitrogen and oxygen atoms in total. The topological polar surface area (TPSA) is 59.2 Å². The number of carbonyl (C=O) groups excluding carboxylic acids is 1. The maximum atomic E-state index is 12.1. The third-order valence-corrected chi connectivity index (χ3v) is 3.50. The highest BCUT2D eigenvalue weighted by Gasteiger charge is 2.19. The molecule has 2 rings (SSSR count). The minimum atomic E-state index is -0.163. The molecule has 0 aromatic carbocycles. The predicted octanol–water partition coefficient (Wildman–Crippen LogP) is 1.58. The van der Waals surface area contributed by atoms with Gasteiger partial charge in [-0.15, -0.1) is 17.8 Å². The molecule has 0 aliphatic rings. The number of fused-ring (bicyclic) bond motifs is 1. The normalized spacial score (nSPS) is 10.1. The molecule has 0 aliphatic carbocycles. The first-order valence-electron chi connectivity index (χ1n) is 4.97. The van der Waals surface area contributed by atoms with E-state index in [2.05, 4.69) is 10.9 Å². The highest BCUT2D eigenvalue weighted by molar-refractivity contribution is 7.21. The molecule has 86 valence electrons. The lowest BCUT2D eigenvalue weighted by Crippen LogP contribution is -2.26. The van der Waals surface area contributed by atoms with Crippen LogP contribution < -0.4 is 5.73 Å². The van der Waals surface area contributed by atoms with Crippen molar-refractivity contribution in [1.29, 1.82) is 0 Å². The minimum absolute atomic E-state index is 0.163. The number of hydrogen-bond acceptors (Lipinski definition) is 4. The van der Waals surface area contributed by atoms with Gasteiger partial charge in [0.25, 0.3) is 5.91 Å². The van der Waals surface area contributed by atoms with Gasteiger partial charge in [0.1, 0.15) is 10.4 Å². The van der Waals surface area contributed by atoms with Gasteiger partial charge in [0, 0.05) is 13.2 Å². The number of thiophene rings is 1. The molecule has 5 heteroatoms. The van der Waals surface area contributed by atoms with E-state index in [9.17, 15) is 4.79 Å². The third-order valence-electron chi connectivity index (χ3n) is 2.35. The second-order valence-electron chi connectivity index (χ2n) is 3.56. The molecule has 17 heavy (non-hydrogen) atoms. The van der Waals surface area contributed by atoms with E-state index in [1.165, 1.54) is 16.2 Å². The van der Waals surface area contributed by atoms with Crippen molar-refractivity contribution in [3.05, 3.63) is 23.2 Å². The second-order valence-corrected chi connectivity index (χ2v) is 4.61. The first-order valence-corrected chi connectivity index (χ1v) is 5.78. The summed E-state index contributed by atoms with van der Waals surface area (Å²) in [6.07, 6.45) is 6.83. The average Bonchev–Trinajstić information content (AvgIpc) is 2.67. The van der Waals surface area contributed by atoms with Crippen LogP contribution in [0.2, 0.25) is 0 Å². The smallest absolute Gasteiger partial charge is 0.266 e. The summed E-state index contributed by atoms with van der Waals surface area (Å²) in [5.74, 6) is 2.26. The molecule has 1 amide bonds. The largest absolute Gasteiger partial charge is 0.396 e. The maximum absolute atomic E-state index is 12.1. The van der Waals surface area contributed by atoms with E-state index in [-0.39, 0.29) is 12.5 Å². The van der Waals surface area contributed by atoms with Crippen LogP contribution in [0.4, 0.5) is 5.69 Å². The number of nitrogen functional groups attached to an aromatic ring is 1. The fraction of sp³-hybridized carbons (Fsp3) is 0.167. The highest BCUT2D eigenvalue weighted by atomic mass is 32.1. The van der Waals surface area contributed by atoms with Crippen molar-refractivity contribution in [1.82, 2.24) is 9.88 Å². The van der Waals surface area contributed by atoms with Crippen LogP contribution >= 0.6 is 11.3 Å². The van der Waals surface area contributed by atoms with Crippen LogP contribution in [0, 0.1) is 12.3 Å². The van der Waals surface area contributed by atoms with E-state index >= 15 is 0 Å². The fourth-order valence-electron chi connectivity index (χ4n) is 1.49. The Balaban J connectivity index is 2.46. The Kier molecular flexibility index (Phi) is 2.98. The van der Waals surface area contributed by atoms with E-state index in [0.717, 1.165) is 4.70 Å². The van der Waals surface area contributed by atoms with Crippen molar-refractivity contribution in [2.75, 3.05) is 19.3 Å². The molecule has 0 fully saturated rings. The molecule has 2 aromatic heterocycles. The summed E-state index contributed by atoms with van der Waals surface area (Å²) in [5.41, 5.74) is 7.03. The van der Waals surface area contributed by atoms with Gasteiger partial charge in [-0.1, -0.05) is 5.92 Å². The van der Waals surface area contributed by atoms with E-state index in [1.807, 2.05) is 12.1 Å². The fourth-order valence-corrected chi connectivity index (χ4v) is 2.56. The number of anilines is 1. The molecular formula is C12H11N3OS. The molecule has 0 aliphatic heterocycles. The Hall–Kier alpha value is -2.06. The van der Waals surface area contributed by atoms with Gasteiger partial charge >= 0.3 is 0 Å². The highest BCUT2D eigenvalue weighted by Crippen LogP contribution is 2.32. The van der Waals surface area contributed by atoms with Gasteiger partial charge in [-0.2, -0.15) is 0 Å². The number of carbonyl (C=O) groups is 1. The van der Waals surface area contributed by atoms with Crippen LogP contribution in [0.25, 0.3) is 10.2 Å². The van der Waals surface area contributed by atoms with E-state index in [1.54, 1.807) is 13.2 Å². The zero-order valence-corrected chi connectivity index (χ0v) is 10.1. The summed E-state index contributed by atoms with van der Waals surface area (Å²) >= 11 is 1.34. The molecule has 0 spiro atoms. The Labute approximate surface area is 103 Å². The van der Waals surface area contributed by atoms with Gasteiger partial charge in [-0.25, -0.2) is 0 Å². The second kappa shape index (κ2) is 4.44. The van der Waals surface area contributed by atoms with E-state index < -0.39 is 0 Å². The van der Waals surface area contributed by atoms with Gasteiger partial charge in [0.05, 0.1) is 16.9 Å². The summed E-state index contributed by atoms with van der Waals surface area (Å²) in [4.78, 5) is 18.2. The number of amides is 1. The Morgan fingerprint density at radius 3 is 3.12 bits per heavy atom. The van der Waals surface area contributed by atoms with Crippen molar-refractivity contribution in [3.63, 3.8) is 0 Å². The summed E-state index contributed by atoms with van der Waals surface area (Å²) < 4.78 is 0.905. The number of pyridine rings is 1. The molecule has 0 atom stereocenters. The summed E-state index contributed by atoms with van der Waals surface area (Å²) in [6.45, 7) is 0.264. The van der Waals surface area contributed by atoms with Crippen molar-refractivity contribution >= 4 is 33.1 Å². The molecule has 2 N–H and O–H groups in total. The Bertz CT molecular complexity index is 612. The first-order chi connectivity index (χ1) is 8.15. The molecule has 0 bridgehead atoms. The standard InChI is InChI=1S/C12H11N3OS/c1-3-7-15(2)12(16)11-9(13)10-8(17-11)5-4-6-14-10/h1,4-6H,7,13H2,2H3. The molecule has 0 saturated carbocycles. The van der Waals surface area contributed by atoms with Crippen LogP contribution in [0.15, 0.2) is 18.3 Å². The summed E-state index contributed by atoms with van der Waals surface area (Å²) in [7, 11) is 1.65. The van der Waals surface area contributed by atoms with E-state index in [4.69, 9.17) is 12.2 Å². The van der Waals surface area contributed by atoms with Gasteiger partial charge in [-0.3, -0.25) is 9.78 Å². The predicted molar refractivity (Wildman–Crippen MR) is 69.8 cm³/mol. The van der Waals surface area contributed by atoms with Crippen molar-refractivity contribution in [2.24, 2.45) is 0 Å². The van der Waals surface area contributed by atoms with Crippen LogP contribution in [0.1, 0.15) is 9.67 Å². The van der Waals surface area contributed by atoms with Crippen LogP contribution in [0.5, 0.6) is 0 Å². The van der Waals surface area contributed by atoms with Crippen molar-refractivity contribution in [2.45, 2.75) is 0 Å².